The van der Waals surface area contributed by atoms with E-state index in [1.165, 1.54) is 7.11 Å². The van der Waals surface area contributed by atoms with Crippen molar-refractivity contribution in [2.24, 2.45) is 0 Å². The van der Waals surface area contributed by atoms with Gasteiger partial charge in [0, 0.05) is 18.2 Å². The van der Waals surface area contributed by atoms with E-state index in [9.17, 15) is 14.4 Å². The summed E-state index contributed by atoms with van der Waals surface area (Å²) in [6.45, 7) is 3.93. The van der Waals surface area contributed by atoms with Gasteiger partial charge in [-0.1, -0.05) is 18.2 Å². The minimum atomic E-state index is -0.379. The van der Waals surface area contributed by atoms with E-state index in [2.05, 4.69) is 0 Å². The zero-order chi connectivity index (χ0) is 17.7. The van der Waals surface area contributed by atoms with Gasteiger partial charge in [-0.25, -0.2) is 0 Å². The first-order valence-electron chi connectivity index (χ1n) is 8.14. The van der Waals surface area contributed by atoms with Gasteiger partial charge in [-0.05, 0) is 31.9 Å². The summed E-state index contributed by atoms with van der Waals surface area (Å²) in [5, 5.41) is 0. The molecule has 2 atom stereocenters. The van der Waals surface area contributed by atoms with Crippen LogP contribution in [0.3, 0.4) is 0 Å². The van der Waals surface area contributed by atoms with E-state index in [1.807, 2.05) is 31.2 Å². The van der Waals surface area contributed by atoms with Crippen LogP contribution in [0.25, 0.3) is 0 Å². The van der Waals surface area contributed by atoms with Crippen molar-refractivity contribution in [3.05, 3.63) is 29.8 Å². The molecule has 0 radical (unpaired) electrons. The summed E-state index contributed by atoms with van der Waals surface area (Å²) in [6, 6.07) is 7.18. The Hall–Kier alpha value is -2.37. The lowest BCUT2D eigenvalue weighted by Gasteiger charge is -2.38. The molecule has 2 rings (SSSR count). The normalized spacial score (nSPS) is 19.4. The first kappa shape index (κ1) is 18.0. The molecule has 2 unspecified atom stereocenters. The predicted octanol–water partition coefficient (Wildman–Crippen LogP) is 2.41. The lowest BCUT2D eigenvalue weighted by molar-refractivity contribution is -0.144. The molecule has 1 aromatic carbocycles. The fraction of sp³-hybridized carbons (Fsp3) is 0.500. The Balaban J connectivity index is 2.22. The number of amides is 1. The van der Waals surface area contributed by atoms with Crippen molar-refractivity contribution >= 4 is 23.5 Å². The number of ether oxygens (including phenoxy) is 2. The molecule has 6 nitrogen and oxygen atoms in total. The highest BCUT2D eigenvalue weighted by Gasteiger charge is 2.37. The molecule has 24 heavy (non-hydrogen) atoms. The number of carbonyl (C=O) groups excluding carboxylic acids is 3. The Labute approximate surface area is 141 Å². The number of anilines is 1. The molecule has 1 heterocycles. The molecule has 0 saturated heterocycles. The van der Waals surface area contributed by atoms with E-state index < -0.39 is 0 Å². The summed E-state index contributed by atoms with van der Waals surface area (Å²) in [5.74, 6) is -1.20. The molecule has 6 heteroatoms. The lowest BCUT2D eigenvalue weighted by Crippen LogP contribution is -2.44. The van der Waals surface area contributed by atoms with Crippen LogP contribution < -0.4 is 4.90 Å². The monoisotopic (exact) mass is 333 g/mol. The van der Waals surface area contributed by atoms with E-state index in [4.69, 9.17) is 9.47 Å². The van der Waals surface area contributed by atoms with E-state index in [0.29, 0.717) is 18.7 Å². The lowest BCUT2D eigenvalue weighted by atomic mass is 9.86. The fourth-order valence-corrected chi connectivity index (χ4v) is 3.12. The molecule has 0 N–H and O–H groups in total. The third kappa shape index (κ3) is 3.75. The highest BCUT2D eigenvalue weighted by molar-refractivity contribution is 5.98. The first-order valence-corrected chi connectivity index (χ1v) is 8.14. The summed E-state index contributed by atoms with van der Waals surface area (Å²) >= 11 is 0. The summed E-state index contributed by atoms with van der Waals surface area (Å²) in [4.78, 5) is 37.8. The molecule has 130 valence electrons. The molecular formula is C18H23NO5. The van der Waals surface area contributed by atoms with Crippen molar-refractivity contribution in [2.45, 2.75) is 45.1 Å². The van der Waals surface area contributed by atoms with E-state index in [1.54, 1.807) is 11.8 Å². The molecule has 0 bridgehead atoms. The third-order valence-corrected chi connectivity index (χ3v) is 4.19. The van der Waals surface area contributed by atoms with Gasteiger partial charge in [-0.2, -0.15) is 0 Å². The van der Waals surface area contributed by atoms with Crippen LogP contribution in [0, 0.1) is 0 Å². The number of carbonyl (C=O) groups is 3. The topological polar surface area (TPSA) is 72.9 Å². The van der Waals surface area contributed by atoms with E-state index >= 15 is 0 Å². The second kappa shape index (κ2) is 7.95. The average Bonchev–Trinajstić information content (AvgIpc) is 2.58. The average molecular weight is 333 g/mol. The predicted molar refractivity (Wildman–Crippen MR) is 88.6 cm³/mol. The van der Waals surface area contributed by atoms with Gasteiger partial charge in [0.15, 0.2) is 0 Å². The van der Waals surface area contributed by atoms with Gasteiger partial charge in [0.25, 0.3) is 0 Å². The minimum Gasteiger partial charge on any atom is -0.469 e. The van der Waals surface area contributed by atoms with Crippen LogP contribution in [-0.4, -0.2) is 37.6 Å². The van der Waals surface area contributed by atoms with Crippen LogP contribution in [0.15, 0.2) is 24.3 Å². The molecule has 1 aliphatic heterocycles. The molecule has 0 saturated carbocycles. The van der Waals surface area contributed by atoms with Crippen molar-refractivity contribution in [3.8, 4) is 0 Å². The fourth-order valence-electron chi connectivity index (χ4n) is 3.12. The van der Waals surface area contributed by atoms with Crippen molar-refractivity contribution in [2.75, 3.05) is 18.6 Å². The Bertz CT molecular complexity index is 628. The van der Waals surface area contributed by atoms with Crippen LogP contribution in [0.2, 0.25) is 0 Å². The van der Waals surface area contributed by atoms with Gasteiger partial charge in [-0.3, -0.25) is 14.4 Å². The van der Waals surface area contributed by atoms with Crippen LogP contribution in [0.5, 0.6) is 0 Å². The molecule has 1 aliphatic rings. The number of esters is 2. The number of hydrogen-bond donors (Lipinski definition) is 0. The summed E-state index contributed by atoms with van der Waals surface area (Å²) in [6.07, 6.45) is 0.633. The van der Waals surface area contributed by atoms with Gasteiger partial charge in [0.05, 0.1) is 26.1 Å². The van der Waals surface area contributed by atoms with Gasteiger partial charge < -0.3 is 14.4 Å². The SMILES string of the molecule is CCOC(=O)CCC(=O)N1c2ccccc2C(C(=O)OC)CC1C. The standard InChI is InChI=1S/C18H23NO5/c1-4-24-17(21)10-9-16(20)19-12(2)11-14(18(22)23-3)13-7-5-6-8-15(13)19/h5-8,12,14H,4,9-11H2,1-3H3. The second-order valence-corrected chi connectivity index (χ2v) is 5.79. The maximum absolute atomic E-state index is 12.6. The van der Waals surface area contributed by atoms with Gasteiger partial charge in [-0.15, -0.1) is 0 Å². The largest absolute Gasteiger partial charge is 0.469 e. The number of methoxy groups -OCH3 is 1. The number of fused-ring (bicyclic) bond motifs is 1. The van der Waals surface area contributed by atoms with Crippen LogP contribution in [0.1, 0.15) is 44.6 Å². The summed E-state index contributed by atoms with van der Waals surface area (Å²) in [5.41, 5.74) is 1.49. The summed E-state index contributed by atoms with van der Waals surface area (Å²) in [7, 11) is 1.37. The van der Waals surface area contributed by atoms with Gasteiger partial charge >= 0.3 is 11.9 Å². The van der Waals surface area contributed by atoms with Crippen molar-refractivity contribution < 1.29 is 23.9 Å². The Kier molecular flexibility index (Phi) is 5.95. The van der Waals surface area contributed by atoms with Crippen molar-refractivity contribution in [1.29, 1.82) is 0 Å². The highest BCUT2D eigenvalue weighted by atomic mass is 16.5. The zero-order valence-corrected chi connectivity index (χ0v) is 14.3. The Morgan fingerprint density at radius 3 is 2.58 bits per heavy atom. The van der Waals surface area contributed by atoms with Crippen LogP contribution >= 0.6 is 0 Å². The van der Waals surface area contributed by atoms with Crippen molar-refractivity contribution in [3.63, 3.8) is 0 Å². The zero-order valence-electron chi connectivity index (χ0n) is 14.3. The Morgan fingerprint density at radius 1 is 1.21 bits per heavy atom. The molecule has 0 aliphatic carbocycles. The second-order valence-electron chi connectivity index (χ2n) is 5.79. The molecular weight excluding hydrogens is 310 g/mol. The Morgan fingerprint density at radius 2 is 1.92 bits per heavy atom. The number of benzene rings is 1. The smallest absolute Gasteiger partial charge is 0.313 e. The number of nitrogens with zero attached hydrogens (tertiary/aromatic N) is 1. The maximum atomic E-state index is 12.6. The van der Waals surface area contributed by atoms with Crippen LogP contribution in [0.4, 0.5) is 5.69 Å². The van der Waals surface area contributed by atoms with Gasteiger partial charge in [0.2, 0.25) is 5.91 Å². The molecule has 0 aromatic heterocycles. The van der Waals surface area contributed by atoms with Gasteiger partial charge in [0.1, 0.15) is 0 Å². The molecule has 0 fully saturated rings. The highest BCUT2D eigenvalue weighted by Crippen LogP contribution is 2.39. The number of rotatable bonds is 5. The summed E-state index contributed by atoms with van der Waals surface area (Å²) < 4.78 is 9.76. The maximum Gasteiger partial charge on any atom is 0.313 e. The van der Waals surface area contributed by atoms with E-state index in [-0.39, 0.29) is 42.6 Å². The molecule has 1 amide bonds. The number of hydrogen-bond acceptors (Lipinski definition) is 5. The third-order valence-electron chi connectivity index (χ3n) is 4.19. The van der Waals surface area contributed by atoms with E-state index in [0.717, 1.165) is 5.56 Å². The molecule has 0 spiro atoms. The van der Waals surface area contributed by atoms with Crippen LogP contribution in [-0.2, 0) is 23.9 Å². The van der Waals surface area contributed by atoms with Crippen molar-refractivity contribution in [1.82, 2.24) is 0 Å². The quantitative estimate of drug-likeness (QED) is 0.774. The minimum absolute atomic E-state index is 0.0541. The molecule has 1 aromatic rings. The number of para-hydroxylation sites is 1. The first-order chi connectivity index (χ1) is 11.5.